The van der Waals surface area contributed by atoms with Gasteiger partial charge in [-0.15, -0.1) is 0 Å². The maximum atomic E-state index is 12.9. The van der Waals surface area contributed by atoms with Gasteiger partial charge in [-0.1, -0.05) is 24.3 Å². The van der Waals surface area contributed by atoms with Crippen LogP contribution in [0.1, 0.15) is 5.56 Å². The maximum Gasteiger partial charge on any atom is 0.307 e. The van der Waals surface area contributed by atoms with Gasteiger partial charge in [0.25, 0.3) is 0 Å². The molecular formula is C12H9FO2. The first kappa shape index (κ1) is 9.65. The van der Waals surface area contributed by atoms with Crippen LogP contribution in [0, 0.1) is 5.82 Å². The van der Waals surface area contributed by atoms with Crippen LogP contribution in [0.25, 0.3) is 10.8 Å². The predicted molar refractivity (Wildman–Crippen MR) is 55.2 cm³/mol. The molecule has 76 valence electrons. The van der Waals surface area contributed by atoms with E-state index in [0.717, 1.165) is 10.8 Å². The number of fused-ring (bicyclic) bond motifs is 1. The molecular weight excluding hydrogens is 195 g/mol. The second kappa shape index (κ2) is 3.69. The van der Waals surface area contributed by atoms with E-state index >= 15 is 0 Å². The van der Waals surface area contributed by atoms with Crippen LogP contribution < -0.4 is 0 Å². The highest BCUT2D eigenvalue weighted by Gasteiger charge is 2.05. The molecule has 2 aromatic carbocycles. The Labute approximate surface area is 86.0 Å². The van der Waals surface area contributed by atoms with Gasteiger partial charge in [-0.05, 0) is 28.5 Å². The molecule has 0 aliphatic carbocycles. The smallest absolute Gasteiger partial charge is 0.307 e. The zero-order valence-electron chi connectivity index (χ0n) is 7.90. The van der Waals surface area contributed by atoms with Crippen molar-refractivity contribution in [2.45, 2.75) is 6.42 Å². The van der Waals surface area contributed by atoms with Crippen LogP contribution in [0.3, 0.4) is 0 Å². The minimum absolute atomic E-state index is 0.0387. The third-order valence-corrected chi connectivity index (χ3v) is 2.27. The monoisotopic (exact) mass is 204 g/mol. The van der Waals surface area contributed by atoms with Crippen molar-refractivity contribution < 1.29 is 14.3 Å². The fourth-order valence-corrected chi connectivity index (χ4v) is 1.64. The van der Waals surface area contributed by atoms with Gasteiger partial charge in [0, 0.05) is 0 Å². The van der Waals surface area contributed by atoms with Gasteiger partial charge in [-0.2, -0.15) is 0 Å². The van der Waals surface area contributed by atoms with Gasteiger partial charge in [0.2, 0.25) is 0 Å². The molecule has 0 saturated heterocycles. The van der Waals surface area contributed by atoms with Crippen molar-refractivity contribution in [3.05, 3.63) is 47.8 Å². The average Bonchev–Trinajstić information content (AvgIpc) is 2.16. The zero-order chi connectivity index (χ0) is 10.8. The Morgan fingerprint density at radius 1 is 1.27 bits per heavy atom. The lowest BCUT2D eigenvalue weighted by Gasteiger charge is -2.03. The van der Waals surface area contributed by atoms with E-state index in [2.05, 4.69) is 0 Å². The van der Waals surface area contributed by atoms with E-state index in [-0.39, 0.29) is 12.2 Å². The molecule has 3 heteroatoms. The third kappa shape index (κ3) is 1.96. The highest BCUT2D eigenvalue weighted by Crippen LogP contribution is 2.20. The molecule has 0 saturated carbocycles. The summed E-state index contributed by atoms with van der Waals surface area (Å²) in [5.41, 5.74) is 0.708. The summed E-state index contributed by atoms with van der Waals surface area (Å²) in [6, 6.07) is 9.61. The second-order valence-corrected chi connectivity index (χ2v) is 3.35. The molecule has 0 bridgehead atoms. The summed E-state index contributed by atoms with van der Waals surface area (Å²) in [5.74, 6) is -1.19. The molecule has 0 spiro atoms. The molecule has 2 nitrogen and oxygen atoms in total. The Bertz CT molecular complexity index is 520. The Balaban J connectivity index is 2.60. The van der Waals surface area contributed by atoms with Gasteiger partial charge < -0.3 is 5.11 Å². The molecule has 0 heterocycles. The first-order valence-corrected chi connectivity index (χ1v) is 4.56. The lowest BCUT2D eigenvalue weighted by molar-refractivity contribution is -0.136. The molecule has 0 fully saturated rings. The Hall–Kier alpha value is -1.90. The van der Waals surface area contributed by atoms with Crippen molar-refractivity contribution in [3.8, 4) is 0 Å². The molecule has 0 atom stereocenters. The van der Waals surface area contributed by atoms with Crippen LogP contribution in [0.15, 0.2) is 36.4 Å². The molecule has 0 radical (unpaired) electrons. The van der Waals surface area contributed by atoms with Crippen LogP contribution in [0.4, 0.5) is 4.39 Å². The van der Waals surface area contributed by atoms with E-state index in [0.29, 0.717) is 5.56 Å². The maximum absolute atomic E-state index is 12.9. The van der Waals surface area contributed by atoms with Gasteiger partial charge in [-0.25, -0.2) is 4.39 Å². The summed E-state index contributed by atoms with van der Waals surface area (Å²) < 4.78 is 12.9. The van der Waals surface area contributed by atoms with E-state index in [1.165, 1.54) is 12.1 Å². The number of aliphatic carboxylic acids is 1. The van der Waals surface area contributed by atoms with E-state index < -0.39 is 5.97 Å². The lowest BCUT2D eigenvalue weighted by Crippen LogP contribution is -2.00. The Morgan fingerprint density at radius 2 is 2.07 bits per heavy atom. The number of hydrogen-bond donors (Lipinski definition) is 1. The summed E-state index contributed by atoms with van der Waals surface area (Å²) in [5, 5.41) is 10.2. The van der Waals surface area contributed by atoms with Crippen molar-refractivity contribution in [2.75, 3.05) is 0 Å². The normalized spacial score (nSPS) is 10.5. The fourth-order valence-electron chi connectivity index (χ4n) is 1.64. The van der Waals surface area contributed by atoms with Gasteiger partial charge in [0.05, 0.1) is 6.42 Å². The van der Waals surface area contributed by atoms with Gasteiger partial charge in [0.15, 0.2) is 0 Å². The van der Waals surface area contributed by atoms with E-state index in [9.17, 15) is 9.18 Å². The quantitative estimate of drug-likeness (QED) is 0.816. The standard InChI is InChI=1S/C12H9FO2/c13-10-4-5-11-8(6-10)2-1-3-9(11)7-12(14)15/h1-6H,7H2,(H,14,15). The van der Waals surface area contributed by atoms with Crippen molar-refractivity contribution in [2.24, 2.45) is 0 Å². The van der Waals surface area contributed by atoms with Crippen LogP contribution in [-0.4, -0.2) is 11.1 Å². The van der Waals surface area contributed by atoms with Gasteiger partial charge in [-0.3, -0.25) is 4.79 Å². The first-order chi connectivity index (χ1) is 7.16. The van der Waals surface area contributed by atoms with E-state index in [1.54, 1.807) is 24.3 Å². The minimum Gasteiger partial charge on any atom is -0.481 e. The van der Waals surface area contributed by atoms with E-state index in [1.807, 2.05) is 0 Å². The molecule has 0 aliphatic heterocycles. The molecule has 2 rings (SSSR count). The first-order valence-electron chi connectivity index (χ1n) is 4.56. The van der Waals surface area contributed by atoms with Crippen molar-refractivity contribution in [1.29, 1.82) is 0 Å². The molecule has 0 aliphatic rings. The highest BCUT2D eigenvalue weighted by atomic mass is 19.1. The number of hydrogen-bond acceptors (Lipinski definition) is 1. The minimum atomic E-state index is -0.883. The molecule has 15 heavy (non-hydrogen) atoms. The zero-order valence-corrected chi connectivity index (χ0v) is 7.90. The van der Waals surface area contributed by atoms with E-state index in [4.69, 9.17) is 5.11 Å². The highest BCUT2D eigenvalue weighted by molar-refractivity contribution is 5.88. The van der Waals surface area contributed by atoms with Crippen molar-refractivity contribution >= 4 is 16.7 Å². The fraction of sp³-hybridized carbons (Fsp3) is 0.0833. The number of halogens is 1. The Morgan fingerprint density at radius 3 is 2.80 bits per heavy atom. The summed E-state index contributed by atoms with van der Waals surface area (Å²) >= 11 is 0. The van der Waals surface area contributed by atoms with Crippen LogP contribution >= 0.6 is 0 Å². The lowest BCUT2D eigenvalue weighted by atomic mass is 10.0. The number of rotatable bonds is 2. The summed E-state index contributed by atoms with van der Waals surface area (Å²) in [4.78, 5) is 10.6. The van der Waals surface area contributed by atoms with Gasteiger partial charge in [0.1, 0.15) is 5.82 Å². The van der Waals surface area contributed by atoms with Crippen LogP contribution in [0.5, 0.6) is 0 Å². The average molecular weight is 204 g/mol. The van der Waals surface area contributed by atoms with Crippen molar-refractivity contribution in [1.82, 2.24) is 0 Å². The summed E-state index contributed by atoms with van der Waals surface area (Å²) in [6.07, 6.45) is -0.0387. The topological polar surface area (TPSA) is 37.3 Å². The number of carboxylic acid groups (broad SMARTS) is 1. The molecule has 0 aromatic heterocycles. The largest absolute Gasteiger partial charge is 0.481 e. The number of carboxylic acids is 1. The number of benzene rings is 2. The predicted octanol–water partition coefficient (Wildman–Crippen LogP) is 2.61. The summed E-state index contributed by atoms with van der Waals surface area (Å²) in [6.45, 7) is 0. The van der Waals surface area contributed by atoms with Crippen LogP contribution in [0.2, 0.25) is 0 Å². The number of carbonyl (C=O) groups is 1. The van der Waals surface area contributed by atoms with Crippen molar-refractivity contribution in [3.63, 3.8) is 0 Å². The molecule has 2 aromatic rings. The Kier molecular flexibility index (Phi) is 2.37. The molecule has 0 amide bonds. The molecule has 1 N–H and O–H groups in total. The molecule has 0 unspecified atom stereocenters. The van der Waals surface area contributed by atoms with Crippen LogP contribution in [-0.2, 0) is 11.2 Å². The summed E-state index contributed by atoms with van der Waals surface area (Å²) in [7, 11) is 0. The third-order valence-electron chi connectivity index (χ3n) is 2.27. The second-order valence-electron chi connectivity index (χ2n) is 3.35. The SMILES string of the molecule is O=C(O)Cc1cccc2cc(F)ccc12. The van der Waals surface area contributed by atoms with Gasteiger partial charge >= 0.3 is 5.97 Å².